The molecule has 1 aliphatic heterocycles. The van der Waals surface area contributed by atoms with Gasteiger partial charge in [0.25, 0.3) is 0 Å². The van der Waals surface area contributed by atoms with Crippen LogP contribution in [0.3, 0.4) is 0 Å². The van der Waals surface area contributed by atoms with Crippen LogP contribution in [0.1, 0.15) is 11.6 Å². The third-order valence-corrected chi connectivity index (χ3v) is 3.60. The lowest BCUT2D eigenvalue weighted by Gasteiger charge is -2.27. The predicted molar refractivity (Wildman–Crippen MR) is 81.2 cm³/mol. The molecule has 3 N–H and O–H groups in total. The van der Waals surface area contributed by atoms with Crippen molar-refractivity contribution in [3.8, 4) is 5.75 Å². The van der Waals surface area contributed by atoms with Gasteiger partial charge in [-0.2, -0.15) is 0 Å². The molecular formula is C15H13ClFN3O. The Morgan fingerprint density at radius 3 is 2.81 bits per heavy atom. The summed E-state index contributed by atoms with van der Waals surface area (Å²) in [7, 11) is 0. The molecule has 0 bridgehead atoms. The van der Waals surface area contributed by atoms with Gasteiger partial charge in [0.05, 0.1) is 12.6 Å². The zero-order valence-corrected chi connectivity index (χ0v) is 11.8. The van der Waals surface area contributed by atoms with Gasteiger partial charge in [-0.05, 0) is 35.9 Å². The molecule has 0 radical (unpaired) electrons. The minimum atomic E-state index is -0.499. The highest BCUT2D eigenvalue weighted by Gasteiger charge is 2.29. The molecule has 0 saturated carbocycles. The number of phenols is 1. The van der Waals surface area contributed by atoms with Gasteiger partial charge < -0.3 is 15.7 Å². The number of aliphatic imine (C=N–C) groups is 1. The van der Waals surface area contributed by atoms with Crippen LogP contribution in [0, 0.1) is 5.82 Å². The summed E-state index contributed by atoms with van der Waals surface area (Å²) in [6.45, 7) is 0.390. The summed E-state index contributed by atoms with van der Waals surface area (Å²) < 4.78 is 13.5. The average molecular weight is 306 g/mol. The minimum absolute atomic E-state index is 0.124. The van der Waals surface area contributed by atoms with Gasteiger partial charge in [-0.1, -0.05) is 17.7 Å². The van der Waals surface area contributed by atoms with Crippen LogP contribution in [-0.4, -0.2) is 17.6 Å². The Bertz CT molecular complexity index is 700. The molecule has 3 rings (SSSR count). The fourth-order valence-electron chi connectivity index (χ4n) is 2.48. The molecule has 1 heterocycles. The number of hydrogen-bond acceptors (Lipinski definition) is 4. The lowest BCUT2D eigenvalue weighted by Crippen LogP contribution is -2.36. The lowest BCUT2D eigenvalue weighted by molar-refractivity contribution is 0.467. The Morgan fingerprint density at radius 1 is 1.29 bits per heavy atom. The van der Waals surface area contributed by atoms with Crippen LogP contribution < -0.4 is 10.6 Å². The first kappa shape index (κ1) is 13.7. The van der Waals surface area contributed by atoms with Gasteiger partial charge in [-0.25, -0.2) is 4.39 Å². The van der Waals surface area contributed by atoms with Crippen molar-refractivity contribution in [3.63, 3.8) is 0 Å². The zero-order chi connectivity index (χ0) is 15.0. The molecular weight excluding hydrogens is 293 g/mol. The van der Waals surface area contributed by atoms with Crippen molar-refractivity contribution in [1.29, 1.82) is 0 Å². The summed E-state index contributed by atoms with van der Waals surface area (Å²) in [5.41, 5.74) is 7.32. The molecule has 2 aromatic carbocycles. The van der Waals surface area contributed by atoms with Gasteiger partial charge in [0, 0.05) is 16.8 Å². The van der Waals surface area contributed by atoms with Gasteiger partial charge in [0.2, 0.25) is 0 Å². The first-order valence-corrected chi connectivity index (χ1v) is 6.76. The highest BCUT2D eigenvalue weighted by Crippen LogP contribution is 2.33. The summed E-state index contributed by atoms with van der Waals surface area (Å²) in [6, 6.07) is 10.9. The maximum atomic E-state index is 13.5. The van der Waals surface area contributed by atoms with Crippen LogP contribution in [0.4, 0.5) is 10.1 Å². The summed E-state index contributed by atoms with van der Waals surface area (Å²) in [5, 5.41) is 10.1. The van der Waals surface area contributed by atoms with Crippen molar-refractivity contribution in [2.45, 2.75) is 6.04 Å². The van der Waals surface area contributed by atoms with Crippen LogP contribution in [-0.2, 0) is 0 Å². The van der Waals surface area contributed by atoms with Crippen molar-refractivity contribution in [2.24, 2.45) is 10.7 Å². The highest BCUT2D eigenvalue weighted by molar-refractivity contribution is 6.30. The standard InChI is InChI=1S/C15H13ClFN3O/c16-10-2-1-3-12(6-10)20-14(8-19-15(20)18)9-4-11(17)7-13(21)5-9/h1-7,14,21H,8H2,(H2,18,19). The van der Waals surface area contributed by atoms with Crippen LogP contribution in [0.25, 0.3) is 0 Å². The molecule has 0 saturated heterocycles. The Hall–Kier alpha value is -2.27. The van der Waals surface area contributed by atoms with E-state index in [0.717, 1.165) is 11.8 Å². The molecule has 6 heteroatoms. The maximum Gasteiger partial charge on any atom is 0.196 e. The number of halogens is 2. The van der Waals surface area contributed by atoms with E-state index in [4.69, 9.17) is 17.3 Å². The van der Waals surface area contributed by atoms with E-state index in [-0.39, 0.29) is 11.8 Å². The molecule has 0 amide bonds. The quantitative estimate of drug-likeness (QED) is 0.896. The van der Waals surface area contributed by atoms with E-state index in [9.17, 15) is 9.50 Å². The second-order valence-corrected chi connectivity index (χ2v) is 5.24. The van der Waals surface area contributed by atoms with E-state index in [0.29, 0.717) is 23.1 Å². The number of aromatic hydroxyl groups is 1. The van der Waals surface area contributed by atoms with Gasteiger partial charge in [-0.3, -0.25) is 4.99 Å². The van der Waals surface area contributed by atoms with E-state index < -0.39 is 5.82 Å². The van der Waals surface area contributed by atoms with Crippen molar-refractivity contribution in [1.82, 2.24) is 0 Å². The summed E-state index contributed by atoms with van der Waals surface area (Å²) >= 11 is 6.01. The van der Waals surface area contributed by atoms with Crippen molar-refractivity contribution < 1.29 is 9.50 Å². The fraction of sp³-hybridized carbons (Fsp3) is 0.133. The first-order valence-electron chi connectivity index (χ1n) is 6.39. The monoisotopic (exact) mass is 305 g/mol. The summed E-state index contributed by atoms with van der Waals surface area (Å²) in [6.07, 6.45) is 0. The number of phenolic OH excluding ortho intramolecular Hbond substituents is 1. The van der Waals surface area contributed by atoms with Gasteiger partial charge in [-0.15, -0.1) is 0 Å². The predicted octanol–water partition coefficient (Wildman–Crippen LogP) is 3.06. The summed E-state index contributed by atoms with van der Waals surface area (Å²) in [4.78, 5) is 5.99. The first-order chi connectivity index (χ1) is 10.0. The fourth-order valence-corrected chi connectivity index (χ4v) is 2.66. The van der Waals surface area contributed by atoms with Crippen LogP contribution >= 0.6 is 11.6 Å². The van der Waals surface area contributed by atoms with Crippen molar-refractivity contribution in [3.05, 3.63) is 58.9 Å². The number of hydrogen-bond donors (Lipinski definition) is 2. The second-order valence-electron chi connectivity index (χ2n) is 4.81. The number of guanidine groups is 1. The largest absolute Gasteiger partial charge is 0.508 e. The lowest BCUT2D eigenvalue weighted by atomic mass is 10.0. The van der Waals surface area contributed by atoms with E-state index in [1.807, 2.05) is 12.1 Å². The Balaban J connectivity index is 2.02. The van der Waals surface area contributed by atoms with E-state index in [1.54, 1.807) is 17.0 Å². The van der Waals surface area contributed by atoms with Gasteiger partial charge in [0.1, 0.15) is 11.6 Å². The van der Waals surface area contributed by atoms with Crippen LogP contribution in [0.2, 0.25) is 5.02 Å². The zero-order valence-electron chi connectivity index (χ0n) is 11.0. The molecule has 4 nitrogen and oxygen atoms in total. The van der Waals surface area contributed by atoms with Crippen molar-refractivity contribution >= 4 is 23.2 Å². The number of benzene rings is 2. The number of rotatable bonds is 2. The van der Waals surface area contributed by atoms with Crippen LogP contribution in [0.5, 0.6) is 5.75 Å². The molecule has 0 aliphatic carbocycles. The topological polar surface area (TPSA) is 61.9 Å². The normalized spacial score (nSPS) is 17.9. The number of nitrogens with two attached hydrogens (primary N) is 1. The molecule has 108 valence electrons. The third kappa shape index (κ3) is 2.64. The SMILES string of the molecule is NC1=NCC(c2cc(O)cc(F)c2)N1c1cccc(Cl)c1. The van der Waals surface area contributed by atoms with E-state index in [2.05, 4.69) is 4.99 Å². The molecule has 0 aromatic heterocycles. The highest BCUT2D eigenvalue weighted by atomic mass is 35.5. The van der Waals surface area contributed by atoms with Crippen LogP contribution in [0.15, 0.2) is 47.5 Å². The molecule has 2 aromatic rings. The average Bonchev–Trinajstić information content (AvgIpc) is 2.79. The Labute approximate surface area is 126 Å². The molecule has 0 fully saturated rings. The van der Waals surface area contributed by atoms with E-state index in [1.165, 1.54) is 12.1 Å². The molecule has 1 aliphatic rings. The molecule has 21 heavy (non-hydrogen) atoms. The Kier molecular flexibility index (Phi) is 3.43. The third-order valence-electron chi connectivity index (χ3n) is 3.36. The molecule has 1 atom stereocenters. The van der Waals surface area contributed by atoms with Gasteiger partial charge >= 0.3 is 0 Å². The van der Waals surface area contributed by atoms with E-state index >= 15 is 0 Å². The second kappa shape index (κ2) is 5.26. The maximum absolute atomic E-state index is 13.5. The minimum Gasteiger partial charge on any atom is -0.508 e. The molecule has 0 spiro atoms. The Morgan fingerprint density at radius 2 is 2.10 bits per heavy atom. The number of anilines is 1. The smallest absolute Gasteiger partial charge is 0.196 e. The van der Waals surface area contributed by atoms with Crippen molar-refractivity contribution in [2.75, 3.05) is 11.4 Å². The van der Waals surface area contributed by atoms with Gasteiger partial charge in [0.15, 0.2) is 5.96 Å². The summed E-state index contributed by atoms with van der Waals surface area (Å²) in [5.74, 6) is -0.283. The molecule has 1 unspecified atom stereocenters. The number of nitrogens with zero attached hydrogens (tertiary/aromatic N) is 2.